The van der Waals surface area contributed by atoms with Crippen molar-refractivity contribution in [2.45, 2.75) is 31.9 Å². The fourth-order valence-electron chi connectivity index (χ4n) is 3.06. The topological polar surface area (TPSA) is 158 Å². The highest BCUT2D eigenvalue weighted by Crippen LogP contribution is 2.29. The van der Waals surface area contributed by atoms with E-state index < -0.39 is 16.1 Å². The number of anilines is 1. The van der Waals surface area contributed by atoms with E-state index >= 15 is 0 Å². The third-order valence-electron chi connectivity index (χ3n) is 4.37. The number of carbonyl (C=O) groups excluding carboxylic acids is 1. The highest BCUT2D eigenvalue weighted by Gasteiger charge is 2.28. The third kappa shape index (κ3) is 5.10. The predicted octanol–water partition coefficient (Wildman–Crippen LogP) is 0.594. The molecule has 1 aliphatic carbocycles. The largest absolute Gasteiger partial charge is 0.460 e. The lowest BCUT2D eigenvalue weighted by molar-refractivity contribution is 0.101. The molecule has 10 nitrogen and oxygen atoms in total. The first-order valence-corrected chi connectivity index (χ1v) is 9.79. The van der Waals surface area contributed by atoms with Crippen molar-refractivity contribution in [3.63, 3.8) is 0 Å². The Hall–Kier alpha value is -2.34. The molecule has 2 aromatic rings. The number of nitrogens with two attached hydrogens (primary N) is 1. The van der Waals surface area contributed by atoms with Gasteiger partial charge in [0.05, 0.1) is 25.0 Å². The summed E-state index contributed by atoms with van der Waals surface area (Å²) in [5, 5.41) is 17.2. The maximum Gasteiger partial charge on any atom is 0.333 e. The molecule has 0 bridgehead atoms. The van der Waals surface area contributed by atoms with Gasteiger partial charge in [-0.1, -0.05) is 0 Å². The van der Waals surface area contributed by atoms with Crippen molar-refractivity contribution in [1.82, 2.24) is 9.97 Å². The lowest BCUT2D eigenvalue weighted by Crippen LogP contribution is -2.22. The van der Waals surface area contributed by atoms with Crippen LogP contribution in [0.2, 0.25) is 0 Å². The molecule has 1 saturated carbocycles. The Balaban J connectivity index is 1.67. The van der Waals surface area contributed by atoms with Crippen LogP contribution in [-0.2, 0) is 21.1 Å². The van der Waals surface area contributed by atoms with Gasteiger partial charge in [0.1, 0.15) is 12.1 Å². The van der Waals surface area contributed by atoms with Gasteiger partial charge in [0.2, 0.25) is 5.78 Å². The van der Waals surface area contributed by atoms with Crippen molar-refractivity contribution in [3.8, 4) is 0 Å². The molecule has 1 fully saturated rings. The van der Waals surface area contributed by atoms with Gasteiger partial charge in [0.15, 0.2) is 5.76 Å². The molecule has 146 valence electrons. The Morgan fingerprint density at radius 1 is 1.44 bits per heavy atom. The van der Waals surface area contributed by atoms with Gasteiger partial charge in [-0.15, -0.1) is 0 Å². The average molecular weight is 396 g/mol. The summed E-state index contributed by atoms with van der Waals surface area (Å²) in [5.74, 6) is 0.0987. The zero-order chi connectivity index (χ0) is 19.4. The number of aliphatic hydroxyl groups excluding tert-OH is 1. The van der Waals surface area contributed by atoms with E-state index in [0.29, 0.717) is 17.8 Å². The van der Waals surface area contributed by atoms with Crippen LogP contribution in [0.5, 0.6) is 0 Å². The number of nitrogens with one attached hydrogen (secondary N) is 1. The van der Waals surface area contributed by atoms with Gasteiger partial charge in [-0.25, -0.2) is 15.1 Å². The quantitative estimate of drug-likeness (QED) is 0.543. The van der Waals surface area contributed by atoms with Gasteiger partial charge >= 0.3 is 10.3 Å². The second-order valence-electron chi connectivity index (χ2n) is 6.39. The zero-order valence-electron chi connectivity index (χ0n) is 14.4. The maximum absolute atomic E-state index is 12.7. The molecule has 0 aliphatic heterocycles. The van der Waals surface area contributed by atoms with E-state index in [4.69, 9.17) is 14.7 Å². The first kappa shape index (κ1) is 19.4. The number of rotatable bonds is 8. The van der Waals surface area contributed by atoms with E-state index in [1.165, 1.54) is 24.9 Å². The van der Waals surface area contributed by atoms with Crippen LogP contribution in [0.3, 0.4) is 0 Å². The molecular formula is C16H20N4O6S. The number of furan rings is 1. The van der Waals surface area contributed by atoms with Crippen LogP contribution >= 0.6 is 0 Å². The van der Waals surface area contributed by atoms with Crippen LogP contribution in [-0.4, -0.2) is 41.9 Å². The summed E-state index contributed by atoms with van der Waals surface area (Å²) in [6, 6.07) is 1.47. The number of aliphatic hydroxyl groups is 1. The molecule has 2 aromatic heterocycles. The summed E-state index contributed by atoms with van der Waals surface area (Å²) in [7, 11) is -3.95. The minimum Gasteiger partial charge on any atom is -0.460 e. The van der Waals surface area contributed by atoms with Crippen molar-refractivity contribution in [3.05, 3.63) is 41.7 Å². The Kier molecular flexibility index (Phi) is 5.85. The van der Waals surface area contributed by atoms with Crippen LogP contribution in [0.25, 0.3) is 0 Å². The maximum atomic E-state index is 12.7. The van der Waals surface area contributed by atoms with Crippen molar-refractivity contribution in [2.24, 2.45) is 11.1 Å². The lowest BCUT2D eigenvalue weighted by Gasteiger charge is -2.15. The van der Waals surface area contributed by atoms with Crippen LogP contribution < -0.4 is 10.5 Å². The predicted molar refractivity (Wildman–Crippen MR) is 93.9 cm³/mol. The number of carbonyl (C=O) groups is 1. The number of nitrogens with zero attached hydrogens (tertiary/aromatic N) is 2. The second kappa shape index (κ2) is 8.13. The first-order chi connectivity index (χ1) is 12.9. The summed E-state index contributed by atoms with van der Waals surface area (Å²) in [6.45, 7) is -0.194. The molecule has 2 heterocycles. The third-order valence-corrected chi connectivity index (χ3v) is 4.83. The summed E-state index contributed by atoms with van der Waals surface area (Å²) < 4.78 is 31.7. The van der Waals surface area contributed by atoms with Gasteiger partial charge < -0.3 is 14.8 Å². The molecule has 0 unspecified atom stereocenters. The van der Waals surface area contributed by atoms with E-state index in [1.807, 2.05) is 0 Å². The molecular weight excluding hydrogens is 376 g/mol. The van der Waals surface area contributed by atoms with Crippen molar-refractivity contribution < 1.29 is 26.9 Å². The highest BCUT2D eigenvalue weighted by molar-refractivity contribution is 7.84. The minimum absolute atomic E-state index is 0.00475. The lowest BCUT2D eigenvalue weighted by atomic mass is 10.1. The molecule has 0 amide bonds. The average Bonchev–Trinajstić information content (AvgIpc) is 3.28. The van der Waals surface area contributed by atoms with Crippen LogP contribution in [0, 0.1) is 5.92 Å². The fraction of sp³-hybridized carbons (Fsp3) is 0.438. The molecule has 27 heavy (non-hydrogen) atoms. The number of hydrogen-bond acceptors (Lipinski definition) is 9. The van der Waals surface area contributed by atoms with Gasteiger partial charge in [-0.05, 0) is 31.2 Å². The van der Waals surface area contributed by atoms with E-state index in [-0.39, 0.29) is 36.5 Å². The SMILES string of the molecule is NS(=O)(=O)OC[C@@H]1CC[C@H](Nc2ncncc2C(=O)c2cc(CO)co2)C1. The van der Waals surface area contributed by atoms with E-state index in [9.17, 15) is 13.2 Å². The number of hydrogen-bond donors (Lipinski definition) is 3. The van der Waals surface area contributed by atoms with Crippen molar-refractivity contribution in [2.75, 3.05) is 11.9 Å². The molecule has 11 heteroatoms. The number of aromatic nitrogens is 2. The van der Waals surface area contributed by atoms with Gasteiger partial charge in [0.25, 0.3) is 0 Å². The molecule has 0 radical (unpaired) electrons. The molecule has 3 rings (SSSR count). The summed E-state index contributed by atoms with van der Waals surface area (Å²) in [4.78, 5) is 20.7. The number of ketones is 1. The standard InChI is InChI=1S/C16H20N4O6S/c17-27(23,24)26-8-10-1-2-12(3-10)20-16-13(5-18-9-19-16)15(22)14-4-11(6-21)7-25-14/h4-5,7,9-10,12,21H,1-3,6,8H2,(H2,17,23,24)(H,18,19,20)/t10-,12+/m1/s1. The molecule has 1 aliphatic rings. The van der Waals surface area contributed by atoms with E-state index in [0.717, 1.165) is 12.8 Å². The van der Waals surface area contributed by atoms with Crippen molar-refractivity contribution in [1.29, 1.82) is 0 Å². The van der Waals surface area contributed by atoms with Gasteiger partial charge in [0, 0.05) is 17.8 Å². The fourth-order valence-corrected chi connectivity index (χ4v) is 3.45. The summed E-state index contributed by atoms with van der Waals surface area (Å²) in [6.07, 6.45) is 6.23. The monoisotopic (exact) mass is 396 g/mol. The molecule has 0 aromatic carbocycles. The van der Waals surface area contributed by atoms with Crippen LogP contribution in [0.1, 0.15) is 40.9 Å². The highest BCUT2D eigenvalue weighted by atomic mass is 32.2. The molecule has 4 N–H and O–H groups in total. The molecule has 0 saturated heterocycles. The normalized spacial score (nSPS) is 19.9. The van der Waals surface area contributed by atoms with Crippen LogP contribution in [0.4, 0.5) is 5.82 Å². The Morgan fingerprint density at radius 2 is 2.26 bits per heavy atom. The zero-order valence-corrected chi connectivity index (χ0v) is 15.2. The smallest absolute Gasteiger partial charge is 0.333 e. The first-order valence-electron chi connectivity index (χ1n) is 8.32. The summed E-state index contributed by atoms with van der Waals surface area (Å²) in [5.41, 5.74) is 0.749. The molecule has 0 spiro atoms. The van der Waals surface area contributed by atoms with E-state index in [2.05, 4.69) is 19.5 Å². The van der Waals surface area contributed by atoms with Gasteiger partial charge in [-0.3, -0.25) is 8.98 Å². The van der Waals surface area contributed by atoms with E-state index in [1.54, 1.807) is 0 Å². The summed E-state index contributed by atoms with van der Waals surface area (Å²) >= 11 is 0. The van der Waals surface area contributed by atoms with Crippen molar-refractivity contribution >= 4 is 21.9 Å². The second-order valence-corrected chi connectivity index (χ2v) is 7.61. The molecule has 2 atom stereocenters. The van der Waals surface area contributed by atoms with Crippen LogP contribution in [0.15, 0.2) is 29.3 Å². The van der Waals surface area contributed by atoms with Gasteiger partial charge in [-0.2, -0.15) is 8.42 Å². The Morgan fingerprint density at radius 3 is 2.96 bits per heavy atom. The Bertz CT molecular complexity index is 913. The Labute approximate surface area is 156 Å². The minimum atomic E-state index is -3.95.